The van der Waals surface area contributed by atoms with Crippen molar-refractivity contribution < 1.29 is 14.3 Å². The van der Waals surface area contributed by atoms with Gasteiger partial charge in [0.15, 0.2) is 0 Å². The zero-order chi connectivity index (χ0) is 16.7. The largest absolute Gasteiger partial charge is 0.453 e. The predicted octanol–water partition coefficient (Wildman–Crippen LogP) is 2.89. The lowest BCUT2D eigenvalue weighted by Crippen LogP contribution is -2.28. The summed E-state index contributed by atoms with van der Waals surface area (Å²) < 4.78 is 4.50. The Morgan fingerprint density at radius 1 is 1.04 bits per heavy atom. The van der Waals surface area contributed by atoms with Gasteiger partial charge in [-0.15, -0.1) is 0 Å². The number of amides is 3. The molecule has 1 heterocycles. The molecule has 2 aromatic rings. The van der Waals surface area contributed by atoms with E-state index in [0.717, 1.165) is 11.4 Å². The van der Waals surface area contributed by atoms with Crippen molar-refractivity contribution in [3.05, 3.63) is 53.9 Å². The maximum Gasteiger partial charge on any atom is 0.411 e. The van der Waals surface area contributed by atoms with Gasteiger partial charge in [0.2, 0.25) is 0 Å². The van der Waals surface area contributed by atoms with Crippen molar-refractivity contribution in [2.75, 3.05) is 17.7 Å². The first-order chi connectivity index (χ1) is 11.1. The van der Waals surface area contributed by atoms with Crippen LogP contribution in [0, 0.1) is 6.92 Å². The van der Waals surface area contributed by atoms with Crippen LogP contribution in [0.25, 0.3) is 0 Å². The third-order valence-corrected chi connectivity index (χ3v) is 2.95. The molecule has 3 amide bonds. The number of hydrogen-bond donors (Lipinski definition) is 3. The quantitative estimate of drug-likeness (QED) is 0.809. The lowest BCUT2D eigenvalue weighted by atomic mass is 10.3. The van der Waals surface area contributed by atoms with Crippen molar-refractivity contribution in [1.29, 1.82) is 0 Å². The van der Waals surface area contributed by atoms with Crippen LogP contribution in [0.1, 0.15) is 11.4 Å². The van der Waals surface area contributed by atoms with E-state index in [4.69, 9.17) is 0 Å². The summed E-state index contributed by atoms with van der Waals surface area (Å²) in [6.45, 7) is 2.24. The Bertz CT molecular complexity index is 686. The van der Waals surface area contributed by atoms with Gasteiger partial charge in [-0.25, -0.2) is 9.59 Å². The first kappa shape index (κ1) is 16.3. The Hall–Kier alpha value is -3.09. The van der Waals surface area contributed by atoms with Crippen molar-refractivity contribution in [3.8, 4) is 0 Å². The third kappa shape index (κ3) is 5.31. The zero-order valence-corrected chi connectivity index (χ0v) is 12.9. The lowest BCUT2D eigenvalue weighted by Gasteiger charge is -2.09. The Kier molecular flexibility index (Phi) is 5.51. The van der Waals surface area contributed by atoms with Crippen LogP contribution < -0.4 is 16.0 Å². The van der Waals surface area contributed by atoms with Crippen LogP contribution in [0.15, 0.2) is 42.5 Å². The van der Waals surface area contributed by atoms with Gasteiger partial charge in [-0.3, -0.25) is 10.3 Å². The zero-order valence-electron chi connectivity index (χ0n) is 12.9. The van der Waals surface area contributed by atoms with Crippen LogP contribution in [0.5, 0.6) is 0 Å². The van der Waals surface area contributed by atoms with Crippen molar-refractivity contribution in [2.45, 2.75) is 13.5 Å². The van der Waals surface area contributed by atoms with Crippen LogP contribution in [-0.4, -0.2) is 24.2 Å². The molecule has 120 valence electrons. The summed E-state index contributed by atoms with van der Waals surface area (Å²) in [5.74, 6) is 0. The lowest BCUT2D eigenvalue weighted by molar-refractivity contribution is 0.187. The van der Waals surface area contributed by atoms with Crippen LogP contribution in [-0.2, 0) is 11.3 Å². The first-order valence-electron chi connectivity index (χ1n) is 6.99. The number of pyridine rings is 1. The summed E-state index contributed by atoms with van der Waals surface area (Å²) in [6.07, 6.45) is -0.547. The molecule has 0 bridgehead atoms. The highest BCUT2D eigenvalue weighted by Crippen LogP contribution is 2.13. The maximum absolute atomic E-state index is 11.8. The molecule has 0 atom stereocenters. The number of rotatable bonds is 4. The molecule has 0 spiro atoms. The van der Waals surface area contributed by atoms with Gasteiger partial charge in [0, 0.05) is 17.1 Å². The topological polar surface area (TPSA) is 92.4 Å². The van der Waals surface area contributed by atoms with Gasteiger partial charge >= 0.3 is 12.1 Å². The van der Waals surface area contributed by atoms with Gasteiger partial charge in [-0.2, -0.15) is 0 Å². The van der Waals surface area contributed by atoms with Crippen LogP contribution in [0.4, 0.5) is 21.0 Å². The third-order valence-electron chi connectivity index (χ3n) is 2.95. The molecule has 0 aliphatic rings. The van der Waals surface area contributed by atoms with Crippen LogP contribution in [0.3, 0.4) is 0 Å². The van der Waals surface area contributed by atoms with E-state index >= 15 is 0 Å². The summed E-state index contributed by atoms with van der Waals surface area (Å²) in [6, 6.07) is 12.0. The number of carbonyl (C=O) groups excluding carboxylic acids is 2. The molecule has 7 nitrogen and oxygen atoms in total. The van der Waals surface area contributed by atoms with E-state index in [1.807, 2.05) is 25.1 Å². The van der Waals surface area contributed by atoms with Crippen LogP contribution in [0.2, 0.25) is 0 Å². The second kappa shape index (κ2) is 7.79. The molecule has 3 N–H and O–H groups in total. The van der Waals surface area contributed by atoms with E-state index in [-0.39, 0.29) is 6.03 Å². The molecule has 1 aromatic carbocycles. The molecule has 0 radical (unpaired) electrons. The Morgan fingerprint density at radius 2 is 1.70 bits per heavy atom. The Labute approximate surface area is 134 Å². The van der Waals surface area contributed by atoms with Gasteiger partial charge in [-0.05, 0) is 43.3 Å². The van der Waals surface area contributed by atoms with Gasteiger partial charge in [-0.1, -0.05) is 6.07 Å². The molecule has 0 aliphatic heterocycles. The molecule has 1 aromatic heterocycles. The van der Waals surface area contributed by atoms with Gasteiger partial charge < -0.3 is 15.4 Å². The standard InChI is InChI=1S/C16H18N4O3/c1-11-4-3-5-14(18-11)10-17-15(21)19-12-6-8-13(9-7-12)20-16(22)23-2/h3-9H,10H2,1-2H3,(H,20,22)(H2,17,19,21). The number of urea groups is 1. The average Bonchev–Trinajstić information content (AvgIpc) is 2.55. The minimum absolute atomic E-state index is 0.331. The number of methoxy groups -OCH3 is 1. The van der Waals surface area contributed by atoms with E-state index in [0.29, 0.717) is 17.9 Å². The summed E-state index contributed by atoms with van der Waals surface area (Å²) in [5.41, 5.74) is 2.87. The normalized spacial score (nSPS) is 9.83. The monoisotopic (exact) mass is 314 g/mol. The summed E-state index contributed by atoms with van der Waals surface area (Å²) in [4.78, 5) is 27.2. The molecule has 0 fully saturated rings. The SMILES string of the molecule is COC(=O)Nc1ccc(NC(=O)NCc2cccc(C)n2)cc1. The van der Waals surface area contributed by atoms with Crippen molar-refractivity contribution in [3.63, 3.8) is 0 Å². The number of nitrogens with one attached hydrogen (secondary N) is 3. The minimum Gasteiger partial charge on any atom is -0.453 e. The maximum atomic E-state index is 11.8. The number of hydrogen-bond acceptors (Lipinski definition) is 4. The van der Waals surface area contributed by atoms with Gasteiger partial charge in [0.05, 0.1) is 19.3 Å². The smallest absolute Gasteiger partial charge is 0.411 e. The van der Waals surface area contributed by atoms with E-state index in [1.54, 1.807) is 24.3 Å². The number of benzene rings is 1. The van der Waals surface area contributed by atoms with E-state index in [2.05, 4.69) is 25.7 Å². The summed E-state index contributed by atoms with van der Waals surface area (Å²) in [5, 5.41) is 7.95. The van der Waals surface area contributed by atoms with Gasteiger partial charge in [0.25, 0.3) is 0 Å². The number of aryl methyl sites for hydroxylation is 1. The van der Waals surface area contributed by atoms with Crippen molar-refractivity contribution in [2.24, 2.45) is 0 Å². The first-order valence-corrected chi connectivity index (χ1v) is 6.99. The minimum atomic E-state index is -0.547. The summed E-state index contributed by atoms with van der Waals surface area (Å²) >= 11 is 0. The van der Waals surface area contributed by atoms with Crippen molar-refractivity contribution >= 4 is 23.5 Å². The molecular formula is C16H18N4O3. The van der Waals surface area contributed by atoms with E-state index in [1.165, 1.54) is 7.11 Å². The fraction of sp³-hybridized carbons (Fsp3) is 0.188. The molecular weight excluding hydrogens is 296 g/mol. The molecule has 0 saturated carbocycles. The molecule has 2 rings (SSSR count). The number of carbonyl (C=O) groups is 2. The molecule has 23 heavy (non-hydrogen) atoms. The second-order valence-electron chi connectivity index (χ2n) is 4.77. The average molecular weight is 314 g/mol. The highest BCUT2D eigenvalue weighted by atomic mass is 16.5. The molecule has 7 heteroatoms. The second-order valence-corrected chi connectivity index (χ2v) is 4.77. The molecule has 0 unspecified atom stereocenters. The number of aromatic nitrogens is 1. The van der Waals surface area contributed by atoms with E-state index < -0.39 is 6.09 Å². The Morgan fingerprint density at radius 3 is 2.30 bits per heavy atom. The number of nitrogens with zero attached hydrogens (tertiary/aromatic N) is 1. The van der Waals surface area contributed by atoms with Gasteiger partial charge in [0.1, 0.15) is 0 Å². The molecule has 0 aliphatic carbocycles. The predicted molar refractivity (Wildman–Crippen MR) is 87.3 cm³/mol. The number of ether oxygens (including phenoxy) is 1. The fourth-order valence-electron chi connectivity index (χ4n) is 1.85. The van der Waals surface area contributed by atoms with E-state index in [9.17, 15) is 9.59 Å². The fourth-order valence-corrected chi connectivity index (χ4v) is 1.85. The molecule has 0 saturated heterocycles. The Balaban J connectivity index is 1.84. The van der Waals surface area contributed by atoms with Crippen LogP contribution >= 0.6 is 0 Å². The highest BCUT2D eigenvalue weighted by Gasteiger charge is 2.04. The summed E-state index contributed by atoms with van der Waals surface area (Å²) in [7, 11) is 1.29. The van der Waals surface area contributed by atoms with Crippen molar-refractivity contribution in [1.82, 2.24) is 10.3 Å². The highest BCUT2D eigenvalue weighted by molar-refractivity contribution is 5.90. The number of anilines is 2.